The van der Waals surface area contributed by atoms with E-state index in [0.717, 1.165) is 6.54 Å². The van der Waals surface area contributed by atoms with Gasteiger partial charge in [-0.1, -0.05) is 18.2 Å². The molecule has 2 aromatic rings. The second-order valence-electron chi connectivity index (χ2n) is 3.82. The molecule has 0 aliphatic carbocycles. The molecule has 0 spiro atoms. The average molecular weight is 204 g/mol. The van der Waals surface area contributed by atoms with Crippen LogP contribution in [-0.4, -0.2) is 35.2 Å². The number of aliphatic hydroxyl groups excluding tert-OH is 1. The lowest BCUT2D eigenvalue weighted by molar-refractivity contribution is 0.217. The number of fused-ring (bicyclic) bond motifs is 1. The van der Waals surface area contributed by atoms with Crippen molar-refractivity contribution in [3.05, 3.63) is 36.0 Å². The molecule has 15 heavy (non-hydrogen) atoms. The number of aromatic nitrogens is 1. The van der Waals surface area contributed by atoms with Gasteiger partial charge in [-0.05, 0) is 24.1 Å². The van der Waals surface area contributed by atoms with Crippen LogP contribution in [0.4, 0.5) is 0 Å². The Morgan fingerprint density at radius 1 is 1.33 bits per heavy atom. The van der Waals surface area contributed by atoms with Crippen molar-refractivity contribution in [1.29, 1.82) is 0 Å². The first-order valence-corrected chi connectivity index (χ1v) is 5.15. The van der Waals surface area contributed by atoms with E-state index < -0.39 is 0 Å². The number of nitrogens with zero attached hydrogens (tertiary/aromatic N) is 1. The maximum absolute atomic E-state index is 8.84. The largest absolute Gasteiger partial charge is 0.395 e. The van der Waals surface area contributed by atoms with Crippen LogP contribution in [0.5, 0.6) is 0 Å². The van der Waals surface area contributed by atoms with Crippen molar-refractivity contribution in [2.75, 3.05) is 20.2 Å². The normalized spacial score (nSPS) is 11.4. The van der Waals surface area contributed by atoms with E-state index in [9.17, 15) is 0 Å². The van der Waals surface area contributed by atoms with Crippen LogP contribution in [0.1, 0.15) is 5.56 Å². The van der Waals surface area contributed by atoms with Gasteiger partial charge in [0, 0.05) is 24.8 Å². The second kappa shape index (κ2) is 4.47. The highest BCUT2D eigenvalue weighted by atomic mass is 16.3. The molecule has 2 rings (SSSR count). The Bertz CT molecular complexity index is 436. The zero-order chi connectivity index (χ0) is 10.7. The SMILES string of the molecule is CN(CCO)Cc1cccc2cc[nH]c12. The fourth-order valence-corrected chi connectivity index (χ4v) is 1.82. The predicted molar refractivity (Wildman–Crippen MR) is 61.7 cm³/mol. The van der Waals surface area contributed by atoms with Crippen LogP contribution in [0, 0.1) is 0 Å². The molecular formula is C12H16N2O. The maximum Gasteiger partial charge on any atom is 0.0558 e. The minimum Gasteiger partial charge on any atom is -0.395 e. The molecule has 0 aliphatic rings. The molecular weight excluding hydrogens is 188 g/mol. The number of rotatable bonds is 4. The zero-order valence-electron chi connectivity index (χ0n) is 8.90. The van der Waals surface area contributed by atoms with E-state index in [1.165, 1.54) is 16.5 Å². The van der Waals surface area contributed by atoms with Crippen LogP contribution in [0.2, 0.25) is 0 Å². The van der Waals surface area contributed by atoms with E-state index in [4.69, 9.17) is 5.11 Å². The fraction of sp³-hybridized carbons (Fsp3) is 0.333. The van der Waals surface area contributed by atoms with Crippen molar-refractivity contribution in [2.24, 2.45) is 0 Å². The molecule has 0 saturated heterocycles. The number of aromatic amines is 1. The van der Waals surface area contributed by atoms with Crippen molar-refractivity contribution in [3.63, 3.8) is 0 Å². The Labute approximate surface area is 89.3 Å². The highest BCUT2D eigenvalue weighted by Crippen LogP contribution is 2.17. The van der Waals surface area contributed by atoms with Gasteiger partial charge in [-0.15, -0.1) is 0 Å². The molecule has 3 heteroatoms. The van der Waals surface area contributed by atoms with Gasteiger partial charge in [0.2, 0.25) is 0 Å². The highest BCUT2D eigenvalue weighted by Gasteiger charge is 2.04. The molecule has 1 aromatic carbocycles. The number of nitrogens with one attached hydrogen (secondary N) is 1. The topological polar surface area (TPSA) is 39.3 Å². The highest BCUT2D eigenvalue weighted by molar-refractivity contribution is 5.82. The predicted octanol–water partition coefficient (Wildman–Crippen LogP) is 1.59. The number of para-hydroxylation sites is 1. The Kier molecular flexibility index (Phi) is 3.04. The number of H-pyrrole nitrogens is 1. The van der Waals surface area contributed by atoms with Gasteiger partial charge in [-0.3, -0.25) is 4.90 Å². The Morgan fingerprint density at radius 3 is 3.00 bits per heavy atom. The van der Waals surface area contributed by atoms with Crippen LogP contribution in [0.15, 0.2) is 30.5 Å². The molecule has 0 aliphatic heterocycles. The van der Waals surface area contributed by atoms with E-state index in [1.54, 1.807) is 0 Å². The van der Waals surface area contributed by atoms with Gasteiger partial charge in [-0.25, -0.2) is 0 Å². The molecule has 0 saturated carbocycles. The molecule has 3 nitrogen and oxygen atoms in total. The lowest BCUT2D eigenvalue weighted by atomic mass is 10.1. The molecule has 0 bridgehead atoms. The standard InChI is InChI=1S/C12H16N2O/c1-14(7-8-15)9-11-4-2-3-10-5-6-13-12(10)11/h2-6,13,15H,7-9H2,1H3. The monoisotopic (exact) mass is 204 g/mol. The van der Waals surface area contributed by atoms with Gasteiger partial charge in [0.05, 0.1) is 6.61 Å². The Morgan fingerprint density at radius 2 is 2.20 bits per heavy atom. The lowest BCUT2D eigenvalue weighted by Crippen LogP contribution is -2.21. The van der Waals surface area contributed by atoms with E-state index in [0.29, 0.717) is 6.54 Å². The number of aliphatic hydroxyl groups is 1. The van der Waals surface area contributed by atoms with Crippen LogP contribution in [0.3, 0.4) is 0 Å². The summed E-state index contributed by atoms with van der Waals surface area (Å²) < 4.78 is 0. The van der Waals surface area contributed by atoms with Crippen molar-refractivity contribution < 1.29 is 5.11 Å². The van der Waals surface area contributed by atoms with Gasteiger partial charge in [0.25, 0.3) is 0 Å². The first-order chi connectivity index (χ1) is 7.31. The summed E-state index contributed by atoms with van der Waals surface area (Å²) in [5.74, 6) is 0. The summed E-state index contributed by atoms with van der Waals surface area (Å²) in [6, 6.07) is 8.36. The number of hydrogen-bond acceptors (Lipinski definition) is 2. The first-order valence-electron chi connectivity index (χ1n) is 5.15. The second-order valence-corrected chi connectivity index (χ2v) is 3.82. The summed E-state index contributed by atoms with van der Waals surface area (Å²) in [5, 5.41) is 10.1. The molecule has 0 fully saturated rings. The van der Waals surface area contributed by atoms with Crippen LogP contribution >= 0.6 is 0 Å². The molecule has 0 atom stereocenters. The molecule has 0 amide bonds. The smallest absolute Gasteiger partial charge is 0.0558 e. The summed E-state index contributed by atoms with van der Waals surface area (Å²) in [6.45, 7) is 1.77. The zero-order valence-corrected chi connectivity index (χ0v) is 8.90. The van der Waals surface area contributed by atoms with E-state index in [1.807, 2.05) is 13.2 Å². The number of likely N-dealkylation sites (N-methyl/N-ethyl adjacent to an activating group) is 1. The third kappa shape index (κ3) is 2.19. The minimum atomic E-state index is 0.206. The summed E-state index contributed by atoms with van der Waals surface area (Å²) >= 11 is 0. The van der Waals surface area contributed by atoms with Gasteiger partial charge in [0.1, 0.15) is 0 Å². The van der Waals surface area contributed by atoms with E-state index in [2.05, 4.69) is 34.1 Å². The summed E-state index contributed by atoms with van der Waals surface area (Å²) in [7, 11) is 2.01. The summed E-state index contributed by atoms with van der Waals surface area (Å²) in [6.07, 6.45) is 1.96. The number of benzene rings is 1. The Balaban J connectivity index is 2.23. The average Bonchev–Trinajstić information content (AvgIpc) is 2.67. The van der Waals surface area contributed by atoms with Crippen molar-refractivity contribution in [2.45, 2.75) is 6.54 Å². The van der Waals surface area contributed by atoms with Gasteiger partial charge in [-0.2, -0.15) is 0 Å². The maximum atomic E-state index is 8.84. The lowest BCUT2D eigenvalue weighted by Gasteiger charge is -2.15. The van der Waals surface area contributed by atoms with E-state index >= 15 is 0 Å². The van der Waals surface area contributed by atoms with Gasteiger partial charge >= 0.3 is 0 Å². The van der Waals surface area contributed by atoms with Gasteiger partial charge < -0.3 is 10.1 Å². The van der Waals surface area contributed by atoms with Crippen LogP contribution in [-0.2, 0) is 6.54 Å². The van der Waals surface area contributed by atoms with Gasteiger partial charge in [0.15, 0.2) is 0 Å². The van der Waals surface area contributed by atoms with Crippen molar-refractivity contribution in [3.8, 4) is 0 Å². The van der Waals surface area contributed by atoms with Crippen LogP contribution in [0.25, 0.3) is 10.9 Å². The number of hydrogen-bond donors (Lipinski definition) is 2. The molecule has 0 radical (unpaired) electrons. The molecule has 80 valence electrons. The quantitative estimate of drug-likeness (QED) is 0.794. The van der Waals surface area contributed by atoms with Crippen LogP contribution < -0.4 is 0 Å². The molecule has 2 N–H and O–H groups in total. The molecule has 0 unspecified atom stereocenters. The third-order valence-electron chi connectivity index (χ3n) is 2.60. The minimum absolute atomic E-state index is 0.206. The molecule has 1 heterocycles. The molecule has 1 aromatic heterocycles. The Hall–Kier alpha value is -1.32. The summed E-state index contributed by atoms with van der Waals surface area (Å²) in [4.78, 5) is 5.35. The van der Waals surface area contributed by atoms with Crippen molar-refractivity contribution >= 4 is 10.9 Å². The van der Waals surface area contributed by atoms with E-state index in [-0.39, 0.29) is 6.61 Å². The first kappa shape index (κ1) is 10.2. The third-order valence-corrected chi connectivity index (χ3v) is 2.60. The summed E-state index contributed by atoms with van der Waals surface area (Å²) in [5.41, 5.74) is 2.47. The van der Waals surface area contributed by atoms with Crippen molar-refractivity contribution in [1.82, 2.24) is 9.88 Å². The fourth-order valence-electron chi connectivity index (χ4n) is 1.82.